The van der Waals surface area contributed by atoms with Crippen LogP contribution < -0.4 is 11.1 Å². The van der Waals surface area contributed by atoms with Crippen LogP contribution in [0.4, 0.5) is 11.5 Å². The van der Waals surface area contributed by atoms with Gasteiger partial charge in [0.2, 0.25) is 0 Å². The molecule has 1 aromatic carbocycles. The highest BCUT2D eigenvalue weighted by Gasteiger charge is 2.02. The maximum absolute atomic E-state index is 5.88. The van der Waals surface area contributed by atoms with Crippen molar-refractivity contribution in [1.29, 1.82) is 0 Å². The minimum Gasteiger partial charge on any atom is -0.398 e. The van der Waals surface area contributed by atoms with Crippen molar-refractivity contribution in [3.63, 3.8) is 0 Å². The molecule has 0 radical (unpaired) electrons. The van der Waals surface area contributed by atoms with E-state index in [0.717, 1.165) is 27.1 Å². The number of aryl methyl sites for hydroxylation is 1. The average molecular weight is 292 g/mol. The first-order chi connectivity index (χ1) is 8.16. The predicted octanol–water partition coefficient (Wildman–Crippen LogP) is 3.35. The number of nitrogen functional groups attached to an aromatic ring is 1. The van der Waals surface area contributed by atoms with Crippen LogP contribution in [-0.2, 0) is 6.54 Å². The number of aromatic nitrogens is 1. The Hall–Kier alpha value is -1.55. The van der Waals surface area contributed by atoms with Gasteiger partial charge < -0.3 is 11.1 Å². The number of hydrogen-bond acceptors (Lipinski definition) is 3. The van der Waals surface area contributed by atoms with Gasteiger partial charge in [-0.05, 0) is 46.1 Å². The largest absolute Gasteiger partial charge is 0.398 e. The Morgan fingerprint density at radius 3 is 2.82 bits per heavy atom. The van der Waals surface area contributed by atoms with Crippen LogP contribution in [-0.4, -0.2) is 4.98 Å². The summed E-state index contributed by atoms with van der Waals surface area (Å²) in [6, 6.07) is 9.86. The summed E-state index contributed by atoms with van der Waals surface area (Å²) in [5, 5.41) is 3.29. The van der Waals surface area contributed by atoms with E-state index >= 15 is 0 Å². The van der Waals surface area contributed by atoms with Gasteiger partial charge in [0, 0.05) is 22.9 Å². The van der Waals surface area contributed by atoms with Gasteiger partial charge in [0.25, 0.3) is 0 Å². The standard InChI is InChI=1S/C13H14BrN3/c1-9-6-11(14)8-17-13(9)16-7-10-4-2-3-5-12(10)15/h2-6,8H,7,15H2,1H3,(H,16,17). The number of nitrogens with zero attached hydrogens (tertiary/aromatic N) is 1. The van der Waals surface area contributed by atoms with Crippen LogP contribution >= 0.6 is 15.9 Å². The highest BCUT2D eigenvalue weighted by Crippen LogP contribution is 2.18. The molecule has 3 N–H and O–H groups in total. The fraction of sp³-hybridized carbons (Fsp3) is 0.154. The zero-order chi connectivity index (χ0) is 12.3. The molecular weight excluding hydrogens is 278 g/mol. The molecule has 0 unspecified atom stereocenters. The molecule has 0 spiro atoms. The molecule has 2 aromatic rings. The van der Waals surface area contributed by atoms with Gasteiger partial charge in [-0.1, -0.05) is 18.2 Å². The Morgan fingerprint density at radius 1 is 1.35 bits per heavy atom. The Morgan fingerprint density at radius 2 is 2.12 bits per heavy atom. The van der Waals surface area contributed by atoms with Gasteiger partial charge in [0.05, 0.1) is 0 Å². The molecular formula is C13H14BrN3. The lowest BCUT2D eigenvalue weighted by atomic mass is 10.2. The first kappa shape index (κ1) is 11.9. The number of benzene rings is 1. The fourth-order valence-electron chi connectivity index (χ4n) is 1.60. The van der Waals surface area contributed by atoms with Crippen LogP contribution in [0, 0.1) is 6.92 Å². The van der Waals surface area contributed by atoms with E-state index in [4.69, 9.17) is 5.73 Å². The fourth-order valence-corrected chi connectivity index (χ4v) is 2.05. The molecule has 0 aliphatic rings. The molecule has 88 valence electrons. The van der Waals surface area contributed by atoms with E-state index in [1.165, 1.54) is 0 Å². The maximum atomic E-state index is 5.88. The highest BCUT2D eigenvalue weighted by molar-refractivity contribution is 9.10. The molecule has 17 heavy (non-hydrogen) atoms. The summed E-state index contributed by atoms with van der Waals surface area (Å²) in [5.74, 6) is 0.886. The van der Waals surface area contributed by atoms with Crippen molar-refractivity contribution < 1.29 is 0 Å². The smallest absolute Gasteiger partial charge is 0.129 e. The number of rotatable bonds is 3. The van der Waals surface area contributed by atoms with Crippen LogP contribution in [0.1, 0.15) is 11.1 Å². The normalized spacial score (nSPS) is 10.2. The summed E-state index contributed by atoms with van der Waals surface area (Å²) in [6.45, 7) is 2.70. The second-order valence-corrected chi connectivity index (χ2v) is 4.79. The van der Waals surface area contributed by atoms with Gasteiger partial charge in [0.1, 0.15) is 5.82 Å². The number of hydrogen-bond donors (Lipinski definition) is 2. The number of pyridine rings is 1. The molecule has 1 heterocycles. The second-order valence-electron chi connectivity index (χ2n) is 3.87. The number of para-hydroxylation sites is 1. The number of nitrogens with two attached hydrogens (primary N) is 1. The second kappa shape index (κ2) is 5.19. The van der Waals surface area contributed by atoms with Gasteiger partial charge in [-0.15, -0.1) is 0 Å². The molecule has 0 atom stereocenters. The summed E-state index contributed by atoms with van der Waals surface area (Å²) in [4.78, 5) is 4.32. The first-order valence-electron chi connectivity index (χ1n) is 5.36. The van der Waals surface area contributed by atoms with Crippen LogP contribution in [0.25, 0.3) is 0 Å². The number of anilines is 2. The van der Waals surface area contributed by atoms with Crippen LogP contribution in [0.15, 0.2) is 41.0 Å². The zero-order valence-corrected chi connectivity index (χ0v) is 11.2. The van der Waals surface area contributed by atoms with Crippen molar-refractivity contribution in [2.75, 3.05) is 11.1 Å². The molecule has 0 fully saturated rings. The minimum absolute atomic E-state index is 0.683. The molecule has 2 rings (SSSR count). The van der Waals surface area contributed by atoms with Crippen LogP contribution in [0.5, 0.6) is 0 Å². The topological polar surface area (TPSA) is 50.9 Å². The van der Waals surface area contributed by atoms with Crippen LogP contribution in [0.3, 0.4) is 0 Å². The van der Waals surface area contributed by atoms with E-state index in [9.17, 15) is 0 Å². The van der Waals surface area contributed by atoms with Crippen molar-refractivity contribution in [2.24, 2.45) is 0 Å². The molecule has 0 aliphatic carbocycles. The lowest BCUT2D eigenvalue weighted by molar-refractivity contribution is 1.10. The predicted molar refractivity (Wildman–Crippen MR) is 74.9 cm³/mol. The third-order valence-electron chi connectivity index (χ3n) is 2.55. The number of halogens is 1. The van der Waals surface area contributed by atoms with Gasteiger partial charge >= 0.3 is 0 Å². The molecule has 4 heteroatoms. The molecule has 0 saturated heterocycles. The van der Waals surface area contributed by atoms with Crippen LogP contribution in [0.2, 0.25) is 0 Å². The van der Waals surface area contributed by atoms with Crippen molar-refractivity contribution >= 4 is 27.4 Å². The van der Waals surface area contributed by atoms with E-state index in [1.54, 1.807) is 6.20 Å². The van der Waals surface area contributed by atoms with Crippen molar-refractivity contribution in [3.05, 3.63) is 52.1 Å². The van der Waals surface area contributed by atoms with Crippen molar-refractivity contribution in [1.82, 2.24) is 4.98 Å². The molecule has 0 amide bonds. The molecule has 0 aliphatic heterocycles. The first-order valence-corrected chi connectivity index (χ1v) is 6.15. The SMILES string of the molecule is Cc1cc(Br)cnc1NCc1ccccc1N. The molecule has 3 nitrogen and oxygen atoms in total. The van der Waals surface area contributed by atoms with Gasteiger partial charge in [0.15, 0.2) is 0 Å². The minimum atomic E-state index is 0.683. The van der Waals surface area contributed by atoms with E-state index in [2.05, 4.69) is 26.2 Å². The van der Waals surface area contributed by atoms with E-state index < -0.39 is 0 Å². The van der Waals surface area contributed by atoms with Crippen molar-refractivity contribution in [3.8, 4) is 0 Å². The third kappa shape index (κ3) is 2.97. The third-order valence-corrected chi connectivity index (χ3v) is 2.98. The molecule has 0 bridgehead atoms. The van der Waals surface area contributed by atoms with Gasteiger partial charge in [-0.3, -0.25) is 0 Å². The number of nitrogens with one attached hydrogen (secondary N) is 1. The monoisotopic (exact) mass is 291 g/mol. The Labute approximate surface area is 109 Å². The molecule has 1 aromatic heterocycles. The summed E-state index contributed by atoms with van der Waals surface area (Å²) >= 11 is 3.39. The van der Waals surface area contributed by atoms with Gasteiger partial charge in [-0.2, -0.15) is 0 Å². The Bertz CT molecular complexity index is 526. The zero-order valence-electron chi connectivity index (χ0n) is 9.57. The van der Waals surface area contributed by atoms with E-state index in [0.29, 0.717) is 6.54 Å². The summed E-state index contributed by atoms with van der Waals surface area (Å²) in [5.41, 5.74) is 8.87. The van der Waals surface area contributed by atoms with E-state index in [1.807, 2.05) is 37.3 Å². The lowest BCUT2D eigenvalue weighted by Gasteiger charge is -2.10. The van der Waals surface area contributed by atoms with Crippen molar-refractivity contribution in [2.45, 2.75) is 13.5 Å². The summed E-state index contributed by atoms with van der Waals surface area (Å²) < 4.78 is 0.986. The summed E-state index contributed by atoms with van der Waals surface area (Å²) in [6.07, 6.45) is 1.78. The quantitative estimate of drug-likeness (QED) is 0.853. The maximum Gasteiger partial charge on any atom is 0.129 e. The van der Waals surface area contributed by atoms with Gasteiger partial charge in [-0.25, -0.2) is 4.98 Å². The highest BCUT2D eigenvalue weighted by atomic mass is 79.9. The Balaban J connectivity index is 2.10. The Kier molecular flexibility index (Phi) is 3.64. The molecule has 0 saturated carbocycles. The summed E-state index contributed by atoms with van der Waals surface area (Å²) in [7, 11) is 0. The lowest BCUT2D eigenvalue weighted by Crippen LogP contribution is -2.05. The average Bonchev–Trinajstić information content (AvgIpc) is 2.30. The van der Waals surface area contributed by atoms with E-state index in [-0.39, 0.29) is 0 Å².